The summed E-state index contributed by atoms with van der Waals surface area (Å²) < 4.78 is 1.99. The van der Waals surface area contributed by atoms with Crippen LogP contribution < -0.4 is 0 Å². The smallest absolute Gasteiger partial charge is 0.196 e. The first kappa shape index (κ1) is 16.2. The van der Waals surface area contributed by atoms with E-state index in [1.165, 1.54) is 11.8 Å². The summed E-state index contributed by atoms with van der Waals surface area (Å²) in [6.45, 7) is 0.0839. The number of halogens is 1. The van der Waals surface area contributed by atoms with Crippen molar-refractivity contribution < 1.29 is 5.11 Å². The van der Waals surface area contributed by atoms with Gasteiger partial charge in [-0.1, -0.05) is 41.6 Å². The van der Waals surface area contributed by atoms with Crippen LogP contribution in [0.5, 0.6) is 0 Å². The first-order chi connectivity index (χ1) is 12.3. The number of hydrogen-bond donors (Lipinski definition) is 2. The first-order valence-electron chi connectivity index (χ1n) is 7.79. The second-order valence-corrected chi connectivity index (χ2v) is 6.94. The molecule has 0 saturated heterocycles. The molecule has 2 aromatic carbocycles. The molecule has 2 N–H and O–H groups in total. The molecule has 0 amide bonds. The number of aromatic nitrogens is 4. The van der Waals surface area contributed by atoms with Crippen LogP contribution >= 0.6 is 23.4 Å². The molecule has 0 bridgehead atoms. The normalized spacial score (nSPS) is 11.3. The van der Waals surface area contributed by atoms with Crippen molar-refractivity contribution in [2.24, 2.45) is 0 Å². The Morgan fingerprint density at radius 2 is 1.88 bits per heavy atom. The number of benzene rings is 2. The molecule has 0 aliphatic heterocycles. The Bertz CT molecular complexity index is 1010. The van der Waals surface area contributed by atoms with Crippen molar-refractivity contribution in [3.8, 4) is 17.1 Å². The highest BCUT2D eigenvalue weighted by Crippen LogP contribution is 2.32. The topological polar surface area (TPSA) is 66.7 Å². The van der Waals surface area contributed by atoms with Crippen LogP contribution in [0.25, 0.3) is 28.0 Å². The molecule has 4 rings (SSSR count). The number of aliphatic hydroxyl groups is 1. The molecule has 0 aliphatic carbocycles. The van der Waals surface area contributed by atoms with Crippen molar-refractivity contribution >= 4 is 34.3 Å². The van der Waals surface area contributed by atoms with E-state index >= 15 is 0 Å². The number of hydrogen-bond acceptors (Lipinski definition) is 4. The largest absolute Gasteiger partial charge is 0.396 e. The Morgan fingerprint density at radius 3 is 2.68 bits per heavy atom. The standard InChI is InChI=1S/C18H15ClN4OS/c19-12-5-7-13(8-6-12)23-17(21-22-18(23)25-10-9-24)15-11-20-16-4-2-1-3-14(15)16/h1-8,11,20,24H,9-10H2. The van der Waals surface area contributed by atoms with Crippen LogP contribution in [-0.2, 0) is 0 Å². The van der Waals surface area contributed by atoms with Gasteiger partial charge < -0.3 is 10.1 Å². The van der Waals surface area contributed by atoms with Crippen molar-refractivity contribution in [2.45, 2.75) is 5.16 Å². The summed E-state index contributed by atoms with van der Waals surface area (Å²) in [6.07, 6.45) is 1.95. The lowest BCUT2D eigenvalue weighted by Crippen LogP contribution is -2.00. The molecule has 7 heteroatoms. The molecule has 2 aromatic heterocycles. The highest BCUT2D eigenvalue weighted by atomic mass is 35.5. The fraction of sp³-hybridized carbons (Fsp3) is 0.111. The molecule has 4 aromatic rings. The summed E-state index contributed by atoms with van der Waals surface area (Å²) in [5.74, 6) is 1.31. The van der Waals surface area contributed by atoms with Gasteiger partial charge in [-0.05, 0) is 30.3 Å². The number of fused-ring (bicyclic) bond motifs is 1. The summed E-state index contributed by atoms with van der Waals surface area (Å²) in [5, 5.41) is 20.4. The van der Waals surface area contributed by atoms with Crippen molar-refractivity contribution in [1.82, 2.24) is 19.7 Å². The van der Waals surface area contributed by atoms with Crippen LogP contribution in [0.2, 0.25) is 5.02 Å². The molecular weight excluding hydrogens is 356 g/mol. The number of para-hydroxylation sites is 1. The van der Waals surface area contributed by atoms with E-state index in [0.717, 1.165) is 33.1 Å². The number of H-pyrrole nitrogens is 1. The van der Waals surface area contributed by atoms with Gasteiger partial charge in [-0.2, -0.15) is 0 Å². The third-order valence-corrected chi connectivity index (χ3v) is 5.03. The Balaban J connectivity index is 1.90. The zero-order chi connectivity index (χ0) is 17.2. The minimum atomic E-state index is 0.0839. The van der Waals surface area contributed by atoms with Crippen LogP contribution in [0, 0.1) is 0 Å². The quantitative estimate of drug-likeness (QED) is 0.518. The monoisotopic (exact) mass is 370 g/mol. The number of rotatable bonds is 5. The van der Waals surface area contributed by atoms with Gasteiger partial charge in [0.15, 0.2) is 11.0 Å². The molecule has 0 aliphatic rings. The maximum Gasteiger partial charge on any atom is 0.196 e. The SMILES string of the molecule is OCCSc1nnc(-c2c[nH]c3ccccc23)n1-c1ccc(Cl)cc1. The molecular formula is C18H15ClN4OS. The lowest BCUT2D eigenvalue weighted by atomic mass is 10.1. The fourth-order valence-corrected chi connectivity index (χ4v) is 3.57. The van der Waals surface area contributed by atoms with E-state index in [0.29, 0.717) is 10.8 Å². The second kappa shape index (κ2) is 6.92. The van der Waals surface area contributed by atoms with Gasteiger partial charge in [0.25, 0.3) is 0 Å². The van der Waals surface area contributed by atoms with E-state index in [9.17, 15) is 0 Å². The molecule has 0 unspecified atom stereocenters. The number of aromatic amines is 1. The van der Waals surface area contributed by atoms with Gasteiger partial charge in [-0.25, -0.2) is 0 Å². The highest BCUT2D eigenvalue weighted by Gasteiger charge is 2.18. The number of nitrogens with one attached hydrogen (secondary N) is 1. The second-order valence-electron chi connectivity index (χ2n) is 5.44. The van der Waals surface area contributed by atoms with Crippen LogP contribution in [-0.4, -0.2) is 37.2 Å². The van der Waals surface area contributed by atoms with E-state index < -0.39 is 0 Å². The number of nitrogens with zero attached hydrogens (tertiary/aromatic N) is 3. The van der Waals surface area contributed by atoms with E-state index in [2.05, 4.69) is 21.2 Å². The van der Waals surface area contributed by atoms with E-state index in [1.54, 1.807) is 0 Å². The third-order valence-electron chi connectivity index (χ3n) is 3.87. The molecule has 5 nitrogen and oxygen atoms in total. The molecule has 0 spiro atoms. The molecule has 126 valence electrons. The highest BCUT2D eigenvalue weighted by molar-refractivity contribution is 7.99. The van der Waals surface area contributed by atoms with E-state index in [4.69, 9.17) is 16.7 Å². The molecule has 0 radical (unpaired) electrons. The summed E-state index contributed by atoms with van der Waals surface area (Å²) in [5.41, 5.74) is 2.96. The predicted octanol–water partition coefficient (Wildman–Crippen LogP) is 4.15. The van der Waals surface area contributed by atoms with Crippen molar-refractivity contribution in [3.63, 3.8) is 0 Å². The van der Waals surface area contributed by atoms with E-state index in [1.807, 2.05) is 53.2 Å². The summed E-state index contributed by atoms with van der Waals surface area (Å²) in [6, 6.07) is 15.7. The minimum Gasteiger partial charge on any atom is -0.396 e. The van der Waals surface area contributed by atoms with Crippen LogP contribution in [0.3, 0.4) is 0 Å². The number of aliphatic hydroxyl groups excluding tert-OH is 1. The first-order valence-corrected chi connectivity index (χ1v) is 9.16. The molecule has 2 heterocycles. The molecule has 0 fully saturated rings. The van der Waals surface area contributed by atoms with Crippen LogP contribution in [0.1, 0.15) is 0 Å². The average Bonchev–Trinajstić information content (AvgIpc) is 3.24. The average molecular weight is 371 g/mol. The van der Waals surface area contributed by atoms with Gasteiger partial charge in [0.05, 0.1) is 6.61 Å². The molecule has 25 heavy (non-hydrogen) atoms. The summed E-state index contributed by atoms with van der Waals surface area (Å²) in [4.78, 5) is 3.28. The van der Waals surface area contributed by atoms with Crippen LogP contribution in [0.15, 0.2) is 59.9 Å². The van der Waals surface area contributed by atoms with Crippen molar-refractivity contribution in [1.29, 1.82) is 0 Å². The predicted molar refractivity (Wildman–Crippen MR) is 101 cm³/mol. The Morgan fingerprint density at radius 1 is 1.08 bits per heavy atom. The Hall–Kier alpha value is -2.28. The lowest BCUT2D eigenvalue weighted by Gasteiger charge is -2.10. The van der Waals surface area contributed by atoms with Gasteiger partial charge in [-0.3, -0.25) is 4.57 Å². The molecule has 0 saturated carbocycles. The zero-order valence-corrected chi connectivity index (χ0v) is 14.8. The summed E-state index contributed by atoms with van der Waals surface area (Å²) in [7, 11) is 0. The van der Waals surface area contributed by atoms with Gasteiger partial charge in [0.1, 0.15) is 0 Å². The maximum absolute atomic E-state index is 9.16. The summed E-state index contributed by atoms with van der Waals surface area (Å²) >= 11 is 7.50. The van der Waals surface area contributed by atoms with E-state index in [-0.39, 0.29) is 6.61 Å². The van der Waals surface area contributed by atoms with Crippen molar-refractivity contribution in [3.05, 3.63) is 59.8 Å². The van der Waals surface area contributed by atoms with Gasteiger partial charge in [-0.15, -0.1) is 10.2 Å². The Kier molecular flexibility index (Phi) is 4.48. The minimum absolute atomic E-state index is 0.0839. The van der Waals surface area contributed by atoms with Gasteiger partial charge >= 0.3 is 0 Å². The Labute approximate surface area is 153 Å². The van der Waals surface area contributed by atoms with Gasteiger partial charge in [0.2, 0.25) is 0 Å². The molecule has 0 atom stereocenters. The van der Waals surface area contributed by atoms with Crippen molar-refractivity contribution in [2.75, 3.05) is 12.4 Å². The number of thioether (sulfide) groups is 1. The van der Waals surface area contributed by atoms with Crippen LogP contribution in [0.4, 0.5) is 0 Å². The zero-order valence-electron chi connectivity index (χ0n) is 13.2. The lowest BCUT2D eigenvalue weighted by molar-refractivity contribution is 0.322. The third kappa shape index (κ3) is 3.04. The fourth-order valence-electron chi connectivity index (χ4n) is 2.75. The van der Waals surface area contributed by atoms with Gasteiger partial charge in [0, 0.05) is 39.1 Å². The maximum atomic E-state index is 9.16.